The van der Waals surface area contributed by atoms with Crippen LogP contribution in [0.5, 0.6) is 5.75 Å². The quantitative estimate of drug-likeness (QED) is 0.868. The summed E-state index contributed by atoms with van der Waals surface area (Å²) in [6.45, 7) is 3.76. The molecule has 0 aromatic heterocycles. The highest BCUT2D eigenvalue weighted by molar-refractivity contribution is 5.69. The van der Waals surface area contributed by atoms with Crippen LogP contribution in [0.4, 0.5) is 18.0 Å². The van der Waals surface area contributed by atoms with Gasteiger partial charge in [-0.2, -0.15) is 0 Å². The van der Waals surface area contributed by atoms with Gasteiger partial charge in [0.15, 0.2) is 0 Å². The lowest BCUT2D eigenvalue weighted by molar-refractivity contribution is -0.274. The third-order valence-corrected chi connectivity index (χ3v) is 4.26. The van der Waals surface area contributed by atoms with Gasteiger partial charge in [0.1, 0.15) is 5.75 Å². The predicted octanol–water partition coefficient (Wildman–Crippen LogP) is 3.77. The molecule has 0 saturated heterocycles. The Hall–Kier alpha value is -1.96. The third-order valence-electron chi connectivity index (χ3n) is 4.26. The summed E-state index contributed by atoms with van der Waals surface area (Å²) in [5.41, 5.74) is 5.23. The number of hydrogen-bond donors (Lipinski definition) is 1. The molecular weight excluding hydrogens is 337 g/mol. The number of alkyl halides is 3. The van der Waals surface area contributed by atoms with Gasteiger partial charge in [0.25, 0.3) is 0 Å². The van der Waals surface area contributed by atoms with Crippen molar-refractivity contribution in [2.45, 2.75) is 50.6 Å². The number of benzene rings is 1. The van der Waals surface area contributed by atoms with Crippen LogP contribution in [0.1, 0.15) is 38.7 Å². The molecule has 1 fully saturated rings. The number of methoxy groups -OCH3 is 1. The van der Waals surface area contributed by atoms with E-state index in [-0.39, 0.29) is 12.3 Å². The fraction of sp³-hybridized carbons (Fsp3) is 0.588. The largest absolute Gasteiger partial charge is 0.573 e. The van der Waals surface area contributed by atoms with Crippen molar-refractivity contribution in [2.75, 3.05) is 13.7 Å². The molecule has 140 valence electrons. The van der Waals surface area contributed by atoms with E-state index in [4.69, 9.17) is 10.5 Å². The highest BCUT2D eigenvalue weighted by Gasteiger charge is 2.48. The van der Waals surface area contributed by atoms with Crippen LogP contribution in [0.25, 0.3) is 0 Å². The van der Waals surface area contributed by atoms with Crippen molar-refractivity contribution in [3.8, 4) is 5.75 Å². The van der Waals surface area contributed by atoms with Crippen LogP contribution in [0.2, 0.25) is 0 Å². The van der Waals surface area contributed by atoms with Crippen LogP contribution in [-0.2, 0) is 10.3 Å². The van der Waals surface area contributed by atoms with Crippen molar-refractivity contribution in [2.24, 2.45) is 5.73 Å². The molecule has 5 nitrogen and oxygen atoms in total. The third kappa shape index (κ3) is 4.56. The molecule has 1 aromatic rings. The average molecular weight is 360 g/mol. The summed E-state index contributed by atoms with van der Waals surface area (Å²) < 4.78 is 46.4. The monoisotopic (exact) mass is 360 g/mol. The number of carbonyl (C=O) groups is 1. The minimum absolute atomic E-state index is 0.212. The zero-order valence-corrected chi connectivity index (χ0v) is 14.5. The molecule has 0 aliphatic heterocycles. The van der Waals surface area contributed by atoms with E-state index in [2.05, 4.69) is 4.74 Å². The van der Waals surface area contributed by atoms with Gasteiger partial charge < -0.3 is 15.2 Å². The van der Waals surface area contributed by atoms with Gasteiger partial charge in [0, 0.05) is 12.1 Å². The molecule has 0 spiro atoms. The molecule has 1 aliphatic carbocycles. The number of amides is 1. The minimum Gasteiger partial charge on any atom is -0.453 e. The van der Waals surface area contributed by atoms with Crippen molar-refractivity contribution < 1.29 is 27.4 Å². The highest BCUT2D eigenvalue weighted by Crippen LogP contribution is 2.48. The molecule has 2 N–H and O–H groups in total. The fourth-order valence-corrected chi connectivity index (χ4v) is 3.12. The first kappa shape index (κ1) is 19.4. The first-order valence-electron chi connectivity index (χ1n) is 7.98. The first-order chi connectivity index (χ1) is 11.5. The lowest BCUT2D eigenvalue weighted by atomic mass is 9.70. The number of halogens is 3. The van der Waals surface area contributed by atoms with E-state index in [0.717, 1.165) is 6.42 Å². The van der Waals surface area contributed by atoms with Crippen LogP contribution in [0.3, 0.4) is 0 Å². The number of nitrogens with zero attached hydrogens (tertiary/aromatic N) is 1. The number of rotatable bonds is 5. The summed E-state index contributed by atoms with van der Waals surface area (Å²) in [5, 5.41) is 0. The Morgan fingerprint density at radius 2 is 1.96 bits per heavy atom. The number of carbonyl (C=O) groups excluding carboxylic acids is 1. The van der Waals surface area contributed by atoms with Gasteiger partial charge in [-0.05, 0) is 50.8 Å². The molecular formula is C17H23F3N2O3. The maximum Gasteiger partial charge on any atom is 0.573 e. The van der Waals surface area contributed by atoms with E-state index in [0.29, 0.717) is 18.4 Å². The molecule has 0 atom stereocenters. The number of nitrogens with two attached hydrogens (primary N) is 1. The summed E-state index contributed by atoms with van der Waals surface area (Å²) in [7, 11) is 1.27. The topological polar surface area (TPSA) is 64.8 Å². The lowest BCUT2D eigenvalue weighted by Crippen LogP contribution is -2.59. The fourth-order valence-electron chi connectivity index (χ4n) is 3.12. The number of hydrogen-bond acceptors (Lipinski definition) is 4. The second-order valence-corrected chi connectivity index (χ2v) is 7.01. The zero-order chi connectivity index (χ0) is 18.9. The van der Waals surface area contributed by atoms with E-state index < -0.39 is 23.5 Å². The molecule has 1 aromatic carbocycles. The lowest BCUT2D eigenvalue weighted by Gasteiger charge is -2.51. The van der Waals surface area contributed by atoms with Gasteiger partial charge in [-0.1, -0.05) is 12.1 Å². The van der Waals surface area contributed by atoms with Gasteiger partial charge >= 0.3 is 12.5 Å². The molecule has 8 heteroatoms. The molecule has 0 heterocycles. The molecule has 1 saturated carbocycles. The van der Waals surface area contributed by atoms with E-state index in [9.17, 15) is 18.0 Å². The van der Waals surface area contributed by atoms with Crippen molar-refractivity contribution in [3.05, 3.63) is 29.8 Å². The first-order valence-corrected chi connectivity index (χ1v) is 7.98. The summed E-state index contributed by atoms with van der Waals surface area (Å²) in [4.78, 5) is 13.9. The van der Waals surface area contributed by atoms with Crippen LogP contribution in [0.15, 0.2) is 24.3 Å². The SMILES string of the molecule is COC(=O)N(CC(C)(C)N)C1(c2cccc(OC(F)(F)F)c2)CCC1. The Labute approximate surface area is 144 Å². The maximum absolute atomic E-state index is 12.5. The number of ether oxygens (including phenoxy) is 2. The maximum atomic E-state index is 12.5. The van der Waals surface area contributed by atoms with Gasteiger partial charge in [-0.3, -0.25) is 4.90 Å². The van der Waals surface area contributed by atoms with E-state index in [1.54, 1.807) is 19.9 Å². The summed E-state index contributed by atoms with van der Waals surface area (Å²) in [5.74, 6) is -0.312. The van der Waals surface area contributed by atoms with Crippen molar-refractivity contribution >= 4 is 6.09 Å². The van der Waals surface area contributed by atoms with Gasteiger partial charge in [0.05, 0.1) is 12.6 Å². The summed E-state index contributed by atoms with van der Waals surface area (Å²) in [6.07, 6.45) is -3.24. The highest BCUT2D eigenvalue weighted by atomic mass is 19.4. The molecule has 1 amide bonds. The summed E-state index contributed by atoms with van der Waals surface area (Å²) >= 11 is 0. The molecule has 0 radical (unpaired) electrons. The molecule has 0 bridgehead atoms. The van der Waals surface area contributed by atoms with E-state index in [1.165, 1.54) is 30.2 Å². The second-order valence-electron chi connectivity index (χ2n) is 7.01. The Morgan fingerprint density at radius 3 is 2.40 bits per heavy atom. The van der Waals surface area contributed by atoms with Crippen molar-refractivity contribution in [1.29, 1.82) is 0 Å². The Balaban J connectivity index is 2.41. The standard InChI is InChI=1S/C17H23F3N2O3/c1-15(2,21)11-22(14(23)24-3)16(8-5-9-16)12-6-4-7-13(10-12)25-17(18,19)20/h4,6-7,10H,5,8-9,11,21H2,1-3H3. The zero-order valence-electron chi connectivity index (χ0n) is 14.5. The van der Waals surface area contributed by atoms with Crippen LogP contribution >= 0.6 is 0 Å². The Kier molecular flexibility index (Phi) is 5.22. The van der Waals surface area contributed by atoms with Crippen LogP contribution < -0.4 is 10.5 Å². The van der Waals surface area contributed by atoms with E-state index >= 15 is 0 Å². The van der Waals surface area contributed by atoms with Crippen molar-refractivity contribution in [3.63, 3.8) is 0 Å². The van der Waals surface area contributed by atoms with Gasteiger partial charge in [0.2, 0.25) is 0 Å². The van der Waals surface area contributed by atoms with Gasteiger partial charge in [-0.25, -0.2) is 4.79 Å². The smallest absolute Gasteiger partial charge is 0.453 e. The summed E-state index contributed by atoms with van der Waals surface area (Å²) in [6, 6.07) is 5.74. The minimum atomic E-state index is -4.77. The van der Waals surface area contributed by atoms with Crippen molar-refractivity contribution in [1.82, 2.24) is 4.90 Å². The van der Waals surface area contributed by atoms with Crippen LogP contribution in [-0.4, -0.2) is 36.5 Å². The second kappa shape index (κ2) is 6.74. The van der Waals surface area contributed by atoms with Gasteiger partial charge in [-0.15, -0.1) is 13.2 Å². The predicted molar refractivity (Wildman–Crippen MR) is 86.0 cm³/mol. The molecule has 2 rings (SSSR count). The van der Waals surface area contributed by atoms with Crippen LogP contribution in [0, 0.1) is 0 Å². The Morgan fingerprint density at radius 1 is 1.32 bits per heavy atom. The molecule has 1 aliphatic rings. The average Bonchev–Trinajstić information content (AvgIpc) is 2.41. The molecule has 25 heavy (non-hydrogen) atoms. The van der Waals surface area contributed by atoms with E-state index in [1.807, 2.05) is 0 Å². The Bertz CT molecular complexity index is 622. The normalized spacial score (nSPS) is 16.8. The molecule has 0 unspecified atom stereocenters.